The highest BCUT2D eigenvalue weighted by Gasteiger charge is 2.14. The quantitative estimate of drug-likeness (QED) is 0.692. The Morgan fingerprint density at radius 3 is 2.96 bits per heavy atom. The first-order valence-electron chi connectivity index (χ1n) is 7.00. The average Bonchev–Trinajstić information content (AvgIpc) is 3.18. The van der Waals surface area contributed by atoms with E-state index >= 15 is 0 Å². The minimum atomic E-state index is -0.391. The second-order valence-electron chi connectivity index (χ2n) is 5.01. The van der Waals surface area contributed by atoms with Crippen LogP contribution in [0.4, 0.5) is 0 Å². The smallest absolute Gasteiger partial charge is 0.262 e. The van der Waals surface area contributed by atoms with E-state index in [1.165, 1.54) is 11.3 Å². The highest BCUT2D eigenvalue weighted by Crippen LogP contribution is 2.32. The minimum absolute atomic E-state index is 0.0938. The van der Waals surface area contributed by atoms with Crippen molar-refractivity contribution in [1.82, 2.24) is 5.32 Å². The Balaban J connectivity index is 1.68. The molecule has 1 aliphatic heterocycles. The van der Waals surface area contributed by atoms with Crippen LogP contribution in [-0.2, 0) is 11.3 Å². The lowest BCUT2D eigenvalue weighted by Gasteiger charge is -2.05. The lowest BCUT2D eigenvalue weighted by Crippen LogP contribution is -2.23. The summed E-state index contributed by atoms with van der Waals surface area (Å²) >= 11 is 1.50. The number of rotatable bonds is 4. The second kappa shape index (κ2) is 6.55. The highest BCUT2D eigenvalue weighted by atomic mass is 32.1. The van der Waals surface area contributed by atoms with Gasteiger partial charge in [-0.05, 0) is 47.7 Å². The predicted molar refractivity (Wildman–Crippen MR) is 87.1 cm³/mol. The lowest BCUT2D eigenvalue weighted by molar-refractivity contribution is -0.117. The molecule has 0 aliphatic carbocycles. The molecule has 0 saturated carbocycles. The molecule has 0 bridgehead atoms. The molecule has 116 valence electrons. The largest absolute Gasteiger partial charge is 0.454 e. The van der Waals surface area contributed by atoms with E-state index < -0.39 is 5.91 Å². The number of nitrogens with one attached hydrogen (secondary N) is 1. The Morgan fingerprint density at radius 1 is 1.39 bits per heavy atom. The molecule has 1 aromatic carbocycles. The van der Waals surface area contributed by atoms with Crippen molar-refractivity contribution in [2.45, 2.75) is 13.5 Å². The van der Waals surface area contributed by atoms with E-state index in [0.717, 1.165) is 16.0 Å². The average molecular weight is 326 g/mol. The zero-order valence-electron chi connectivity index (χ0n) is 12.5. The van der Waals surface area contributed by atoms with Crippen molar-refractivity contribution in [2.75, 3.05) is 6.79 Å². The number of amides is 1. The number of carbonyl (C=O) groups is 1. The fourth-order valence-corrected chi connectivity index (χ4v) is 3.00. The van der Waals surface area contributed by atoms with E-state index in [9.17, 15) is 10.1 Å². The molecule has 0 fully saturated rings. The van der Waals surface area contributed by atoms with E-state index in [1.807, 2.05) is 36.6 Å². The van der Waals surface area contributed by atoms with Crippen molar-refractivity contribution in [3.8, 4) is 17.6 Å². The van der Waals surface area contributed by atoms with Crippen molar-refractivity contribution < 1.29 is 14.3 Å². The van der Waals surface area contributed by atoms with Crippen molar-refractivity contribution >= 4 is 23.3 Å². The topological polar surface area (TPSA) is 71.4 Å². The van der Waals surface area contributed by atoms with E-state index in [4.69, 9.17) is 9.47 Å². The van der Waals surface area contributed by atoms with Crippen LogP contribution in [0.25, 0.3) is 6.08 Å². The SMILES string of the molecule is Cc1ccsc1C=C(C#N)C(=O)NCc1ccc2c(c1)OCO2. The molecule has 0 atom stereocenters. The van der Waals surface area contributed by atoms with Gasteiger partial charge < -0.3 is 14.8 Å². The van der Waals surface area contributed by atoms with Crippen LogP contribution in [0.15, 0.2) is 35.2 Å². The highest BCUT2D eigenvalue weighted by molar-refractivity contribution is 7.11. The van der Waals surface area contributed by atoms with Crippen LogP contribution < -0.4 is 14.8 Å². The molecule has 6 heteroatoms. The zero-order valence-corrected chi connectivity index (χ0v) is 13.3. The summed E-state index contributed by atoms with van der Waals surface area (Å²) in [7, 11) is 0. The molecule has 0 unspecified atom stereocenters. The lowest BCUT2D eigenvalue weighted by atomic mass is 10.1. The number of hydrogen-bond donors (Lipinski definition) is 1. The molecular weight excluding hydrogens is 312 g/mol. The van der Waals surface area contributed by atoms with Gasteiger partial charge in [-0.15, -0.1) is 11.3 Å². The summed E-state index contributed by atoms with van der Waals surface area (Å²) in [6.45, 7) is 2.48. The van der Waals surface area contributed by atoms with Crippen LogP contribution in [0, 0.1) is 18.3 Å². The summed E-state index contributed by atoms with van der Waals surface area (Å²) < 4.78 is 10.5. The molecule has 0 radical (unpaired) electrons. The summed E-state index contributed by atoms with van der Waals surface area (Å²) in [5, 5.41) is 13.9. The van der Waals surface area contributed by atoms with Gasteiger partial charge in [0.25, 0.3) is 5.91 Å². The van der Waals surface area contributed by atoms with Crippen molar-refractivity contribution in [2.24, 2.45) is 0 Å². The molecule has 23 heavy (non-hydrogen) atoms. The Labute approximate surface area is 137 Å². The molecular formula is C17H14N2O3S. The van der Waals surface area contributed by atoms with Crippen LogP contribution >= 0.6 is 11.3 Å². The van der Waals surface area contributed by atoms with Gasteiger partial charge in [-0.1, -0.05) is 6.07 Å². The van der Waals surface area contributed by atoms with E-state index in [1.54, 1.807) is 12.1 Å². The number of carbonyl (C=O) groups excluding carboxylic acids is 1. The summed E-state index contributed by atoms with van der Waals surface area (Å²) in [6, 6.07) is 9.39. The molecule has 2 heterocycles. The van der Waals surface area contributed by atoms with Crippen LogP contribution in [-0.4, -0.2) is 12.7 Å². The maximum atomic E-state index is 12.2. The maximum absolute atomic E-state index is 12.2. The van der Waals surface area contributed by atoms with Crippen LogP contribution in [0.3, 0.4) is 0 Å². The summed E-state index contributed by atoms with van der Waals surface area (Å²) in [4.78, 5) is 13.1. The fourth-order valence-electron chi connectivity index (χ4n) is 2.14. The number of hydrogen-bond acceptors (Lipinski definition) is 5. The normalized spacial score (nSPS) is 12.8. The first kappa shape index (κ1) is 15.1. The number of ether oxygens (including phenoxy) is 2. The second-order valence-corrected chi connectivity index (χ2v) is 5.96. The molecule has 3 rings (SSSR count). The van der Waals surface area contributed by atoms with E-state index in [0.29, 0.717) is 18.0 Å². The third-order valence-corrected chi connectivity index (χ3v) is 4.40. The van der Waals surface area contributed by atoms with Crippen molar-refractivity contribution in [3.63, 3.8) is 0 Å². The van der Waals surface area contributed by atoms with Gasteiger partial charge in [0.15, 0.2) is 11.5 Å². The van der Waals surface area contributed by atoms with Crippen molar-refractivity contribution in [3.05, 3.63) is 51.2 Å². The molecule has 2 aromatic rings. The Kier molecular flexibility index (Phi) is 4.31. The van der Waals surface area contributed by atoms with Crippen molar-refractivity contribution in [1.29, 1.82) is 5.26 Å². The van der Waals surface area contributed by atoms with Crippen LogP contribution in [0.2, 0.25) is 0 Å². The zero-order chi connectivity index (χ0) is 16.2. The standard InChI is InChI=1S/C17H14N2O3S/c1-11-4-5-23-16(11)7-13(8-18)17(20)19-9-12-2-3-14-15(6-12)22-10-21-14/h2-7H,9-10H2,1H3,(H,19,20). The molecule has 1 aliphatic rings. The number of benzene rings is 1. The Morgan fingerprint density at radius 2 is 2.22 bits per heavy atom. The third-order valence-electron chi connectivity index (χ3n) is 3.43. The fraction of sp³-hybridized carbons (Fsp3) is 0.176. The van der Waals surface area contributed by atoms with Gasteiger partial charge in [0, 0.05) is 11.4 Å². The summed E-state index contributed by atoms with van der Waals surface area (Å²) in [6.07, 6.45) is 1.62. The molecule has 1 amide bonds. The molecule has 1 aromatic heterocycles. The van der Waals surface area contributed by atoms with Gasteiger partial charge in [0.05, 0.1) is 0 Å². The van der Waals surface area contributed by atoms with Gasteiger partial charge in [-0.2, -0.15) is 5.26 Å². The third kappa shape index (κ3) is 3.35. The van der Waals surface area contributed by atoms with Crippen LogP contribution in [0.5, 0.6) is 11.5 Å². The number of fused-ring (bicyclic) bond motifs is 1. The Hall–Kier alpha value is -2.78. The predicted octanol–water partition coefficient (Wildman–Crippen LogP) is 3.01. The van der Waals surface area contributed by atoms with Gasteiger partial charge in [-0.25, -0.2) is 0 Å². The number of thiophene rings is 1. The molecule has 0 saturated heterocycles. The number of nitriles is 1. The number of nitrogens with zero attached hydrogens (tertiary/aromatic N) is 1. The first-order valence-corrected chi connectivity index (χ1v) is 7.88. The summed E-state index contributed by atoms with van der Waals surface area (Å²) in [5.41, 5.74) is 2.02. The molecule has 0 spiro atoms. The molecule has 1 N–H and O–H groups in total. The monoisotopic (exact) mass is 326 g/mol. The molecule has 5 nitrogen and oxygen atoms in total. The van der Waals surface area contributed by atoms with Crippen LogP contribution in [0.1, 0.15) is 16.0 Å². The maximum Gasteiger partial charge on any atom is 0.262 e. The van der Waals surface area contributed by atoms with Gasteiger partial charge >= 0.3 is 0 Å². The summed E-state index contributed by atoms with van der Waals surface area (Å²) in [5.74, 6) is 0.978. The van der Waals surface area contributed by atoms with Gasteiger partial charge in [0.1, 0.15) is 11.6 Å². The number of aryl methyl sites for hydroxylation is 1. The first-order chi connectivity index (χ1) is 11.2. The van der Waals surface area contributed by atoms with E-state index in [2.05, 4.69) is 5.32 Å². The van der Waals surface area contributed by atoms with Gasteiger partial charge in [0.2, 0.25) is 6.79 Å². The minimum Gasteiger partial charge on any atom is -0.454 e. The van der Waals surface area contributed by atoms with E-state index in [-0.39, 0.29) is 12.4 Å². The van der Waals surface area contributed by atoms with Gasteiger partial charge in [-0.3, -0.25) is 4.79 Å². The Bertz CT molecular complexity index is 817.